The second kappa shape index (κ2) is 1.92. The molecule has 1 rings (SSSR count). The van der Waals surface area contributed by atoms with Crippen molar-refractivity contribution in [2.75, 3.05) is 0 Å². The van der Waals surface area contributed by atoms with Crippen molar-refractivity contribution < 1.29 is 9.90 Å². The number of nitrogens with zero attached hydrogens (tertiary/aromatic N) is 1. The lowest BCUT2D eigenvalue weighted by atomic mass is 10.8. The topological polar surface area (TPSA) is 50.2 Å². The summed E-state index contributed by atoms with van der Waals surface area (Å²) in [6, 6.07) is 0. The molecule has 0 atom stereocenters. The molecule has 0 radical (unpaired) electrons. The number of aromatic hydroxyl groups is 1. The SMILES string of the molecule is O=Cc1nc(O)cs1. The maximum absolute atomic E-state index is 9.86. The van der Waals surface area contributed by atoms with Gasteiger partial charge in [0.25, 0.3) is 0 Å². The van der Waals surface area contributed by atoms with Crippen molar-refractivity contribution in [3.8, 4) is 5.88 Å². The third-order valence-corrected chi connectivity index (χ3v) is 1.37. The van der Waals surface area contributed by atoms with Gasteiger partial charge in [0.1, 0.15) is 0 Å². The zero-order valence-corrected chi connectivity index (χ0v) is 4.68. The number of aromatic nitrogens is 1. The minimum absolute atomic E-state index is 0.0860. The molecule has 4 heteroatoms. The minimum Gasteiger partial charge on any atom is -0.493 e. The van der Waals surface area contributed by atoms with Crippen LogP contribution in [0, 0.1) is 0 Å². The fraction of sp³-hybridized carbons (Fsp3) is 0. The molecular weight excluding hydrogens is 126 g/mol. The standard InChI is InChI=1S/C4H3NO2S/c6-1-4-5-3(7)2-8-4/h1-2,7H. The van der Waals surface area contributed by atoms with E-state index < -0.39 is 0 Å². The number of aldehydes is 1. The van der Waals surface area contributed by atoms with Gasteiger partial charge in [-0.1, -0.05) is 0 Å². The molecular formula is C4H3NO2S. The van der Waals surface area contributed by atoms with Crippen LogP contribution in [0.1, 0.15) is 9.80 Å². The molecule has 42 valence electrons. The molecule has 1 N–H and O–H groups in total. The van der Waals surface area contributed by atoms with Crippen LogP contribution in [-0.4, -0.2) is 16.4 Å². The van der Waals surface area contributed by atoms with Crippen LogP contribution in [0.25, 0.3) is 0 Å². The average molecular weight is 129 g/mol. The zero-order valence-electron chi connectivity index (χ0n) is 3.87. The first-order chi connectivity index (χ1) is 3.83. The molecule has 1 heterocycles. The zero-order chi connectivity index (χ0) is 5.98. The average Bonchev–Trinajstić information content (AvgIpc) is 2.14. The molecule has 0 bridgehead atoms. The summed E-state index contributed by atoms with van der Waals surface area (Å²) in [5, 5.41) is 10.2. The summed E-state index contributed by atoms with van der Waals surface area (Å²) in [5.74, 6) is -0.0860. The molecule has 8 heavy (non-hydrogen) atoms. The van der Waals surface area contributed by atoms with E-state index in [1.807, 2.05) is 0 Å². The molecule has 0 aromatic carbocycles. The van der Waals surface area contributed by atoms with Gasteiger partial charge >= 0.3 is 0 Å². The van der Waals surface area contributed by atoms with Crippen LogP contribution in [0.4, 0.5) is 0 Å². The van der Waals surface area contributed by atoms with Crippen molar-refractivity contribution in [2.45, 2.75) is 0 Å². The van der Waals surface area contributed by atoms with E-state index in [0.717, 1.165) is 11.3 Å². The number of rotatable bonds is 1. The monoisotopic (exact) mass is 129 g/mol. The molecule has 0 aliphatic heterocycles. The van der Waals surface area contributed by atoms with Gasteiger partial charge in [0.15, 0.2) is 11.3 Å². The van der Waals surface area contributed by atoms with Crippen molar-refractivity contribution in [3.63, 3.8) is 0 Å². The smallest absolute Gasteiger partial charge is 0.222 e. The maximum Gasteiger partial charge on any atom is 0.222 e. The third-order valence-electron chi connectivity index (χ3n) is 0.611. The summed E-state index contributed by atoms with van der Waals surface area (Å²) in [5.41, 5.74) is 0. The number of thiazole rings is 1. The first-order valence-electron chi connectivity index (χ1n) is 1.92. The summed E-state index contributed by atoms with van der Waals surface area (Å²) in [7, 11) is 0. The van der Waals surface area contributed by atoms with Crippen molar-refractivity contribution >= 4 is 17.6 Å². The lowest BCUT2D eigenvalue weighted by Crippen LogP contribution is -1.71. The van der Waals surface area contributed by atoms with E-state index in [2.05, 4.69) is 4.98 Å². The van der Waals surface area contributed by atoms with E-state index in [4.69, 9.17) is 5.11 Å². The summed E-state index contributed by atoms with van der Waals surface area (Å²) in [4.78, 5) is 13.3. The highest BCUT2D eigenvalue weighted by Gasteiger charge is 1.94. The van der Waals surface area contributed by atoms with Gasteiger partial charge in [-0.15, -0.1) is 11.3 Å². The highest BCUT2D eigenvalue weighted by molar-refractivity contribution is 7.11. The van der Waals surface area contributed by atoms with Crippen LogP contribution >= 0.6 is 11.3 Å². The Hall–Kier alpha value is -0.900. The Morgan fingerprint density at radius 1 is 1.88 bits per heavy atom. The molecule has 0 fully saturated rings. The Kier molecular flexibility index (Phi) is 1.26. The molecule has 0 spiro atoms. The van der Waals surface area contributed by atoms with Crippen LogP contribution in [0.2, 0.25) is 0 Å². The van der Waals surface area contributed by atoms with Crippen molar-refractivity contribution in [3.05, 3.63) is 10.4 Å². The van der Waals surface area contributed by atoms with Crippen LogP contribution in [0.15, 0.2) is 5.38 Å². The van der Waals surface area contributed by atoms with Crippen LogP contribution < -0.4 is 0 Å². The number of hydrogen-bond donors (Lipinski definition) is 1. The maximum atomic E-state index is 9.86. The summed E-state index contributed by atoms with van der Waals surface area (Å²) in [6.07, 6.45) is 0.602. The number of carbonyl (C=O) groups excluding carboxylic acids is 1. The largest absolute Gasteiger partial charge is 0.493 e. The number of hydrogen-bond acceptors (Lipinski definition) is 4. The van der Waals surface area contributed by atoms with Crippen molar-refractivity contribution in [1.82, 2.24) is 4.98 Å². The Morgan fingerprint density at radius 3 is 2.88 bits per heavy atom. The first-order valence-corrected chi connectivity index (χ1v) is 2.80. The molecule has 1 aromatic rings. The van der Waals surface area contributed by atoms with E-state index in [9.17, 15) is 4.79 Å². The van der Waals surface area contributed by atoms with Gasteiger partial charge in [0.05, 0.1) is 5.38 Å². The van der Waals surface area contributed by atoms with Crippen LogP contribution in [-0.2, 0) is 0 Å². The van der Waals surface area contributed by atoms with Crippen LogP contribution in [0.3, 0.4) is 0 Å². The van der Waals surface area contributed by atoms with Crippen LogP contribution in [0.5, 0.6) is 5.88 Å². The molecule has 0 saturated carbocycles. The van der Waals surface area contributed by atoms with E-state index >= 15 is 0 Å². The Bertz CT molecular complexity index is 196. The minimum atomic E-state index is -0.0860. The Balaban J connectivity index is 3.00. The summed E-state index contributed by atoms with van der Waals surface area (Å²) >= 11 is 1.12. The fourth-order valence-electron chi connectivity index (χ4n) is 0.333. The summed E-state index contributed by atoms with van der Waals surface area (Å²) < 4.78 is 0. The predicted molar refractivity (Wildman–Crippen MR) is 29.2 cm³/mol. The van der Waals surface area contributed by atoms with E-state index in [1.165, 1.54) is 5.38 Å². The van der Waals surface area contributed by atoms with E-state index in [0.29, 0.717) is 11.3 Å². The Morgan fingerprint density at radius 2 is 2.62 bits per heavy atom. The quantitative estimate of drug-likeness (QED) is 0.567. The number of carbonyl (C=O) groups is 1. The third kappa shape index (κ3) is 0.840. The lowest BCUT2D eigenvalue weighted by Gasteiger charge is -1.70. The molecule has 0 aliphatic rings. The van der Waals surface area contributed by atoms with Gasteiger partial charge in [-0.25, -0.2) is 0 Å². The predicted octanol–water partition coefficient (Wildman–Crippen LogP) is 0.661. The molecule has 1 aromatic heterocycles. The van der Waals surface area contributed by atoms with Crippen molar-refractivity contribution in [1.29, 1.82) is 0 Å². The van der Waals surface area contributed by atoms with E-state index in [1.54, 1.807) is 0 Å². The fourth-order valence-corrected chi connectivity index (χ4v) is 0.813. The highest BCUT2D eigenvalue weighted by Crippen LogP contribution is 2.11. The second-order valence-corrected chi connectivity index (χ2v) is 2.05. The molecule has 0 saturated heterocycles. The molecule has 0 amide bonds. The molecule has 0 unspecified atom stereocenters. The summed E-state index contributed by atoms with van der Waals surface area (Å²) in [6.45, 7) is 0. The van der Waals surface area contributed by atoms with Gasteiger partial charge < -0.3 is 5.11 Å². The lowest BCUT2D eigenvalue weighted by molar-refractivity contribution is 0.112. The Labute approximate surface area is 49.6 Å². The second-order valence-electron chi connectivity index (χ2n) is 1.16. The van der Waals surface area contributed by atoms with E-state index in [-0.39, 0.29) is 5.88 Å². The normalized spacial score (nSPS) is 9.00. The van der Waals surface area contributed by atoms with Gasteiger partial charge in [0.2, 0.25) is 5.88 Å². The highest BCUT2D eigenvalue weighted by atomic mass is 32.1. The van der Waals surface area contributed by atoms with Gasteiger partial charge in [0, 0.05) is 0 Å². The van der Waals surface area contributed by atoms with Gasteiger partial charge in [-0.05, 0) is 0 Å². The van der Waals surface area contributed by atoms with Gasteiger partial charge in [-0.2, -0.15) is 4.98 Å². The van der Waals surface area contributed by atoms with Crippen molar-refractivity contribution in [2.24, 2.45) is 0 Å². The van der Waals surface area contributed by atoms with Gasteiger partial charge in [-0.3, -0.25) is 4.79 Å². The molecule has 0 aliphatic carbocycles. The molecule has 3 nitrogen and oxygen atoms in total. The first kappa shape index (κ1) is 5.24.